The van der Waals surface area contributed by atoms with Gasteiger partial charge in [-0.05, 0) is 29.8 Å². The van der Waals surface area contributed by atoms with Crippen LogP contribution in [0, 0.1) is 0 Å². The van der Waals surface area contributed by atoms with Gasteiger partial charge in [0.1, 0.15) is 5.75 Å². The number of carbonyl (C=O) groups excluding carboxylic acids is 1. The summed E-state index contributed by atoms with van der Waals surface area (Å²) in [5.74, 6) is 0.699. The van der Waals surface area contributed by atoms with E-state index in [1.165, 1.54) is 0 Å². The molecular formula is C19H20N2O3. The molecule has 2 aliphatic heterocycles. The summed E-state index contributed by atoms with van der Waals surface area (Å²) in [6.45, 7) is 3.23. The third-order valence-electron chi connectivity index (χ3n) is 4.43. The van der Waals surface area contributed by atoms with E-state index in [9.17, 15) is 4.79 Å². The van der Waals surface area contributed by atoms with Crippen LogP contribution in [0.15, 0.2) is 48.5 Å². The summed E-state index contributed by atoms with van der Waals surface area (Å²) in [7, 11) is 0. The van der Waals surface area contributed by atoms with Gasteiger partial charge in [0.2, 0.25) is 0 Å². The van der Waals surface area contributed by atoms with Crippen molar-refractivity contribution in [2.75, 3.05) is 36.5 Å². The van der Waals surface area contributed by atoms with E-state index in [4.69, 9.17) is 9.47 Å². The molecule has 5 heteroatoms. The lowest BCUT2D eigenvalue weighted by Gasteiger charge is -2.29. The van der Waals surface area contributed by atoms with E-state index in [0.717, 1.165) is 49.0 Å². The van der Waals surface area contributed by atoms with Crippen LogP contribution in [0.2, 0.25) is 0 Å². The zero-order valence-electron chi connectivity index (χ0n) is 13.4. The predicted molar refractivity (Wildman–Crippen MR) is 92.7 cm³/mol. The molecule has 1 atom stereocenters. The highest BCUT2D eigenvalue weighted by Crippen LogP contribution is 2.29. The number of benzene rings is 2. The number of para-hydroxylation sites is 1. The van der Waals surface area contributed by atoms with Crippen LogP contribution in [0.25, 0.3) is 0 Å². The molecule has 1 fully saturated rings. The molecule has 0 bridgehead atoms. The molecule has 0 saturated carbocycles. The van der Waals surface area contributed by atoms with Gasteiger partial charge in [-0.1, -0.05) is 24.3 Å². The van der Waals surface area contributed by atoms with E-state index in [1.807, 2.05) is 42.5 Å². The van der Waals surface area contributed by atoms with E-state index < -0.39 is 6.10 Å². The van der Waals surface area contributed by atoms with Crippen molar-refractivity contribution >= 4 is 17.3 Å². The van der Waals surface area contributed by atoms with E-state index in [2.05, 4.69) is 16.3 Å². The Morgan fingerprint density at radius 2 is 1.92 bits per heavy atom. The largest absolute Gasteiger partial charge is 0.480 e. The maximum atomic E-state index is 12.5. The topological polar surface area (TPSA) is 50.8 Å². The summed E-state index contributed by atoms with van der Waals surface area (Å²) < 4.78 is 11.1. The van der Waals surface area contributed by atoms with Gasteiger partial charge in [-0.3, -0.25) is 4.79 Å². The summed E-state index contributed by atoms with van der Waals surface area (Å²) in [6.07, 6.45) is 0.153. The molecular weight excluding hydrogens is 304 g/mol. The van der Waals surface area contributed by atoms with Gasteiger partial charge < -0.3 is 19.7 Å². The van der Waals surface area contributed by atoms with E-state index >= 15 is 0 Å². The smallest absolute Gasteiger partial charge is 0.265 e. The molecule has 124 valence electrons. The zero-order valence-corrected chi connectivity index (χ0v) is 13.4. The number of hydrogen-bond donors (Lipinski definition) is 1. The molecule has 5 nitrogen and oxygen atoms in total. The number of nitrogens with zero attached hydrogens (tertiary/aromatic N) is 1. The van der Waals surface area contributed by atoms with Crippen LogP contribution in [0.5, 0.6) is 5.75 Å². The summed E-state index contributed by atoms with van der Waals surface area (Å²) >= 11 is 0. The molecule has 1 saturated heterocycles. The van der Waals surface area contributed by atoms with Crippen molar-refractivity contribution < 1.29 is 14.3 Å². The molecule has 2 aromatic carbocycles. The molecule has 0 radical (unpaired) electrons. The fourth-order valence-electron chi connectivity index (χ4n) is 3.15. The number of rotatable bonds is 3. The van der Waals surface area contributed by atoms with Crippen molar-refractivity contribution in [3.8, 4) is 5.75 Å². The third kappa shape index (κ3) is 3.08. The Bertz CT molecular complexity index is 716. The Balaban J connectivity index is 1.43. The van der Waals surface area contributed by atoms with Gasteiger partial charge in [0.15, 0.2) is 6.10 Å². The monoisotopic (exact) mass is 324 g/mol. The van der Waals surface area contributed by atoms with Gasteiger partial charge in [-0.2, -0.15) is 0 Å². The van der Waals surface area contributed by atoms with Crippen molar-refractivity contribution in [1.82, 2.24) is 0 Å². The highest BCUT2D eigenvalue weighted by molar-refractivity contribution is 5.95. The maximum absolute atomic E-state index is 12.5. The average molecular weight is 324 g/mol. The van der Waals surface area contributed by atoms with E-state index in [-0.39, 0.29) is 5.91 Å². The first kappa shape index (κ1) is 15.0. The number of carbonyl (C=O) groups is 1. The number of fused-ring (bicyclic) bond motifs is 1. The first-order valence-electron chi connectivity index (χ1n) is 8.28. The number of hydrogen-bond acceptors (Lipinski definition) is 4. The minimum Gasteiger partial charge on any atom is -0.480 e. The Labute approximate surface area is 141 Å². The quantitative estimate of drug-likeness (QED) is 0.942. The van der Waals surface area contributed by atoms with Crippen molar-refractivity contribution in [2.45, 2.75) is 12.5 Å². The molecule has 1 amide bonds. The zero-order chi connectivity index (χ0) is 16.4. The number of anilines is 2. The highest BCUT2D eigenvalue weighted by Gasteiger charge is 2.28. The normalized spacial score (nSPS) is 19.5. The standard InChI is InChI=1S/C19H20N2O3/c22-19(18-12-14-4-1-2-7-17(14)24-18)20-15-5-3-6-16(13-15)21-8-10-23-11-9-21/h1-7,13,18H,8-12H2,(H,20,22)/t18-/m1/s1. The van der Waals surface area contributed by atoms with Crippen molar-refractivity contribution in [1.29, 1.82) is 0 Å². The molecule has 2 aliphatic rings. The molecule has 0 unspecified atom stereocenters. The van der Waals surface area contributed by atoms with Gasteiger partial charge in [0, 0.05) is 30.9 Å². The van der Waals surface area contributed by atoms with Crippen LogP contribution >= 0.6 is 0 Å². The lowest BCUT2D eigenvalue weighted by Crippen LogP contribution is -2.36. The number of morpholine rings is 1. The fraction of sp³-hybridized carbons (Fsp3) is 0.316. The molecule has 24 heavy (non-hydrogen) atoms. The van der Waals surface area contributed by atoms with Crippen LogP contribution in [-0.2, 0) is 16.0 Å². The van der Waals surface area contributed by atoms with Gasteiger partial charge >= 0.3 is 0 Å². The first-order valence-corrected chi connectivity index (χ1v) is 8.28. The Kier molecular flexibility index (Phi) is 4.09. The van der Waals surface area contributed by atoms with E-state index in [1.54, 1.807) is 0 Å². The Morgan fingerprint density at radius 3 is 2.75 bits per heavy atom. The Morgan fingerprint density at radius 1 is 1.08 bits per heavy atom. The minimum absolute atomic E-state index is 0.106. The van der Waals surface area contributed by atoms with Crippen LogP contribution in [0.1, 0.15) is 5.56 Å². The lowest BCUT2D eigenvalue weighted by atomic mass is 10.1. The fourth-order valence-corrected chi connectivity index (χ4v) is 3.15. The number of ether oxygens (including phenoxy) is 2. The average Bonchev–Trinajstić information content (AvgIpc) is 3.07. The Hall–Kier alpha value is -2.53. The number of amides is 1. The minimum atomic E-state index is -0.463. The summed E-state index contributed by atoms with van der Waals surface area (Å²) in [4.78, 5) is 14.8. The predicted octanol–water partition coefficient (Wildman–Crippen LogP) is 2.47. The SMILES string of the molecule is O=C(Nc1cccc(N2CCOCC2)c1)[C@H]1Cc2ccccc2O1. The second-order valence-corrected chi connectivity index (χ2v) is 6.06. The molecule has 1 N–H and O–H groups in total. The van der Waals surface area contributed by atoms with Crippen molar-refractivity contribution in [3.05, 3.63) is 54.1 Å². The third-order valence-corrected chi connectivity index (χ3v) is 4.43. The number of nitrogens with one attached hydrogen (secondary N) is 1. The molecule has 0 aliphatic carbocycles. The summed E-state index contributed by atoms with van der Waals surface area (Å²) in [5, 5.41) is 2.98. The van der Waals surface area contributed by atoms with Crippen molar-refractivity contribution in [2.24, 2.45) is 0 Å². The van der Waals surface area contributed by atoms with Gasteiger partial charge in [-0.15, -0.1) is 0 Å². The van der Waals surface area contributed by atoms with Gasteiger partial charge in [-0.25, -0.2) is 0 Å². The summed E-state index contributed by atoms with van der Waals surface area (Å²) in [5.41, 5.74) is 2.98. The van der Waals surface area contributed by atoms with Gasteiger partial charge in [0.25, 0.3) is 5.91 Å². The van der Waals surface area contributed by atoms with Gasteiger partial charge in [0.05, 0.1) is 13.2 Å². The molecule has 0 aromatic heterocycles. The van der Waals surface area contributed by atoms with Crippen LogP contribution < -0.4 is 15.0 Å². The molecule has 2 aromatic rings. The molecule has 0 spiro atoms. The maximum Gasteiger partial charge on any atom is 0.265 e. The van der Waals surface area contributed by atoms with Crippen LogP contribution in [-0.4, -0.2) is 38.3 Å². The lowest BCUT2D eigenvalue weighted by molar-refractivity contribution is -0.122. The van der Waals surface area contributed by atoms with E-state index in [0.29, 0.717) is 6.42 Å². The first-order chi connectivity index (χ1) is 11.8. The molecule has 2 heterocycles. The summed E-state index contributed by atoms with van der Waals surface area (Å²) in [6, 6.07) is 15.7. The molecule has 4 rings (SSSR count). The second kappa shape index (κ2) is 6.53. The van der Waals surface area contributed by atoms with Crippen LogP contribution in [0.3, 0.4) is 0 Å². The van der Waals surface area contributed by atoms with Crippen molar-refractivity contribution in [3.63, 3.8) is 0 Å². The highest BCUT2D eigenvalue weighted by atomic mass is 16.5. The second-order valence-electron chi connectivity index (χ2n) is 6.06. The van der Waals surface area contributed by atoms with Crippen LogP contribution in [0.4, 0.5) is 11.4 Å².